The molecule has 2 aromatic rings. The van der Waals surface area contributed by atoms with Crippen molar-refractivity contribution in [2.24, 2.45) is 0 Å². The van der Waals surface area contributed by atoms with Crippen LogP contribution in [-0.2, 0) is 14.4 Å². The monoisotopic (exact) mass is 373 g/mol. The fourth-order valence-corrected chi connectivity index (χ4v) is 2.84. The highest BCUT2D eigenvalue weighted by Crippen LogP contribution is 2.28. The highest BCUT2D eigenvalue weighted by atomic mass is 19.1. The third-order valence-electron chi connectivity index (χ3n) is 4.22. The molecule has 1 fully saturated rings. The molecule has 1 heterocycles. The Bertz CT molecular complexity index is 930. The second-order valence-corrected chi connectivity index (χ2v) is 6.18. The third kappa shape index (κ3) is 4.11. The van der Waals surface area contributed by atoms with E-state index in [1.165, 1.54) is 0 Å². The highest BCUT2D eigenvalue weighted by molar-refractivity contribution is 6.43. The fraction of sp³-hybridized carbons (Fsp3) is 0.211. The van der Waals surface area contributed by atoms with Gasteiger partial charge in [-0.2, -0.15) is 0 Å². The second kappa shape index (κ2) is 7.53. The van der Waals surface area contributed by atoms with Crippen LogP contribution < -0.4 is 15.5 Å². The first-order chi connectivity index (χ1) is 12.8. The van der Waals surface area contributed by atoms with Gasteiger partial charge >= 0.3 is 11.8 Å². The third-order valence-corrected chi connectivity index (χ3v) is 4.22. The summed E-state index contributed by atoms with van der Waals surface area (Å²) < 4.78 is 26.5. The van der Waals surface area contributed by atoms with E-state index in [0.29, 0.717) is 30.4 Å². The molecule has 27 heavy (non-hydrogen) atoms. The van der Waals surface area contributed by atoms with E-state index in [0.717, 1.165) is 24.1 Å². The van der Waals surface area contributed by atoms with E-state index in [1.807, 2.05) is 6.92 Å². The molecule has 0 aliphatic carbocycles. The van der Waals surface area contributed by atoms with Crippen LogP contribution in [0.3, 0.4) is 0 Å². The quantitative estimate of drug-likeness (QED) is 0.812. The molecule has 0 bridgehead atoms. The molecule has 0 saturated carbocycles. The summed E-state index contributed by atoms with van der Waals surface area (Å²) in [5, 5.41) is 4.50. The summed E-state index contributed by atoms with van der Waals surface area (Å²) in [6, 6.07) is 7.54. The number of halogens is 2. The van der Waals surface area contributed by atoms with Crippen LogP contribution in [0.1, 0.15) is 18.4 Å². The summed E-state index contributed by atoms with van der Waals surface area (Å²) in [5.74, 6) is -3.88. The maximum absolute atomic E-state index is 13.6. The number of hydrogen-bond acceptors (Lipinski definition) is 3. The lowest BCUT2D eigenvalue weighted by Gasteiger charge is -2.19. The van der Waals surface area contributed by atoms with Crippen molar-refractivity contribution < 1.29 is 23.2 Å². The fourth-order valence-electron chi connectivity index (χ4n) is 2.84. The standard InChI is InChI=1S/C19H17F2N3O3/c1-11-4-6-13(10-16(11)24-8-2-3-17(24)25)22-18(26)19(27)23-15-7-5-12(20)9-14(15)21/h4-7,9-10H,2-3,8H2,1H3,(H,22,26)(H,23,27). The van der Waals surface area contributed by atoms with Crippen LogP contribution in [0.2, 0.25) is 0 Å². The number of anilines is 3. The van der Waals surface area contributed by atoms with E-state index in [2.05, 4.69) is 10.6 Å². The Labute approximate surface area is 154 Å². The number of nitrogens with zero attached hydrogens (tertiary/aromatic N) is 1. The predicted molar refractivity (Wildman–Crippen MR) is 96.4 cm³/mol. The number of carbonyl (C=O) groups excluding carboxylic acids is 3. The summed E-state index contributed by atoms with van der Waals surface area (Å²) >= 11 is 0. The molecule has 6 nitrogen and oxygen atoms in total. The number of aryl methyl sites for hydroxylation is 1. The average Bonchev–Trinajstić information content (AvgIpc) is 3.04. The number of hydrogen-bond donors (Lipinski definition) is 2. The zero-order chi connectivity index (χ0) is 19.6. The second-order valence-electron chi connectivity index (χ2n) is 6.18. The van der Waals surface area contributed by atoms with Crippen LogP contribution in [0, 0.1) is 18.6 Å². The van der Waals surface area contributed by atoms with Gasteiger partial charge in [-0.15, -0.1) is 0 Å². The minimum atomic E-state index is -1.10. The minimum Gasteiger partial charge on any atom is -0.318 e. The molecule has 0 atom stereocenters. The number of benzene rings is 2. The zero-order valence-corrected chi connectivity index (χ0v) is 14.5. The van der Waals surface area contributed by atoms with Crippen LogP contribution in [0.4, 0.5) is 25.8 Å². The molecule has 3 amide bonds. The Balaban J connectivity index is 1.72. The van der Waals surface area contributed by atoms with Crippen molar-refractivity contribution in [3.05, 3.63) is 53.6 Å². The van der Waals surface area contributed by atoms with Crippen molar-refractivity contribution in [1.29, 1.82) is 0 Å². The number of carbonyl (C=O) groups is 3. The van der Waals surface area contributed by atoms with Crippen molar-refractivity contribution in [3.8, 4) is 0 Å². The Morgan fingerprint density at radius 3 is 2.44 bits per heavy atom. The highest BCUT2D eigenvalue weighted by Gasteiger charge is 2.24. The van der Waals surface area contributed by atoms with Crippen LogP contribution in [-0.4, -0.2) is 24.3 Å². The number of amides is 3. The molecule has 3 rings (SSSR count). The van der Waals surface area contributed by atoms with E-state index in [4.69, 9.17) is 0 Å². The molecular formula is C19H17F2N3O3. The van der Waals surface area contributed by atoms with Crippen molar-refractivity contribution in [1.82, 2.24) is 0 Å². The van der Waals surface area contributed by atoms with Crippen molar-refractivity contribution >= 4 is 34.8 Å². The maximum Gasteiger partial charge on any atom is 0.314 e. The topological polar surface area (TPSA) is 78.5 Å². The average molecular weight is 373 g/mol. The van der Waals surface area contributed by atoms with E-state index in [-0.39, 0.29) is 11.6 Å². The lowest BCUT2D eigenvalue weighted by molar-refractivity contribution is -0.133. The van der Waals surface area contributed by atoms with Crippen LogP contribution >= 0.6 is 0 Å². The van der Waals surface area contributed by atoms with Gasteiger partial charge in [0.25, 0.3) is 0 Å². The molecule has 140 valence electrons. The van der Waals surface area contributed by atoms with Gasteiger partial charge in [-0.1, -0.05) is 6.07 Å². The largest absolute Gasteiger partial charge is 0.318 e. The SMILES string of the molecule is Cc1ccc(NC(=O)C(=O)Nc2ccc(F)cc2F)cc1N1CCCC1=O. The summed E-state index contributed by atoms with van der Waals surface area (Å²) in [4.78, 5) is 37.6. The number of nitrogens with one attached hydrogen (secondary N) is 2. The first kappa shape index (κ1) is 18.5. The molecule has 2 aromatic carbocycles. The summed E-state index contributed by atoms with van der Waals surface area (Å²) in [6.45, 7) is 2.44. The Hall–Kier alpha value is -3.29. The van der Waals surface area contributed by atoms with Crippen LogP contribution in [0.15, 0.2) is 36.4 Å². The minimum absolute atomic E-state index is 0.00565. The van der Waals surface area contributed by atoms with Gasteiger partial charge in [0, 0.05) is 30.4 Å². The first-order valence-corrected chi connectivity index (χ1v) is 8.33. The molecule has 0 unspecified atom stereocenters. The van der Waals surface area contributed by atoms with Gasteiger partial charge in [0.1, 0.15) is 11.6 Å². The summed E-state index contributed by atoms with van der Waals surface area (Å²) in [5.41, 5.74) is 1.56. The molecule has 0 aromatic heterocycles. The van der Waals surface area contributed by atoms with E-state index >= 15 is 0 Å². The maximum atomic E-state index is 13.6. The van der Waals surface area contributed by atoms with Gasteiger partial charge < -0.3 is 15.5 Å². The van der Waals surface area contributed by atoms with Gasteiger partial charge in [-0.25, -0.2) is 8.78 Å². The molecule has 1 aliphatic heterocycles. The zero-order valence-electron chi connectivity index (χ0n) is 14.5. The molecule has 0 spiro atoms. The Kier molecular flexibility index (Phi) is 5.16. The molecule has 8 heteroatoms. The molecule has 0 radical (unpaired) electrons. The molecule has 1 aliphatic rings. The van der Waals surface area contributed by atoms with Gasteiger partial charge in [0.2, 0.25) is 5.91 Å². The van der Waals surface area contributed by atoms with Crippen LogP contribution in [0.5, 0.6) is 0 Å². The smallest absolute Gasteiger partial charge is 0.314 e. The lowest BCUT2D eigenvalue weighted by Crippen LogP contribution is -2.30. The van der Waals surface area contributed by atoms with Crippen molar-refractivity contribution in [2.75, 3.05) is 22.1 Å². The van der Waals surface area contributed by atoms with Gasteiger partial charge in [0.15, 0.2) is 0 Å². The molecule has 2 N–H and O–H groups in total. The van der Waals surface area contributed by atoms with E-state index in [9.17, 15) is 23.2 Å². The van der Waals surface area contributed by atoms with Crippen LogP contribution in [0.25, 0.3) is 0 Å². The van der Waals surface area contributed by atoms with Gasteiger partial charge in [-0.3, -0.25) is 14.4 Å². The van der Waals surface area contributed by atoms with E-state index in [1.54, 1.807) is 23.1 Å². The first-order valence-electron chi connectivity index (χ1n) is 8.33. The lowest BCUT2D eigenvalue weighted by atomic mass is 10.1. The summed E-state index contributed by atoms with van der Waals surface area (Å²) in [6.07, 6.45) is 1.24. The van der Waals surface area contributed by atoms with E-state index < -0.39 is 23.4 Å². The Morgan fingerprint density at radius 2 is 1.78 bits per heavy atom. The number of rotatable bonds is 3. The predicted octanol–water partition coefficient (Wildman–Crippen LogP) is 2.98. The van der Waals surface area contributed by atoms with Gasteiger partial charge in [0.05, 0.1) is 5.69 Å². The van der Waals surface area contributed by atoms with Crippen molar-refractivity contribution in [3.63, 3.8) is 0 Å². The normalized spacial score (nSPS) is 13.6. The van der Waals surface area contributed by atoms with Gasteiger partial charge in [-0.05, 0) is 43.2 Å². The molecular weight excluding hydrogens is 356 g/mol. The summed E-state index contributed by atoms with van der Waals surface area (Å²) in [7, 11) is 0. The Morgan fingerprint density at radius 1 is 1.04 bits per heavy atom. The van der Waals surface area contributed by atoms with Crippen molar-refractivity contribution in [2.45, 2.75) is 19.8 Å². The molecule has 1 saturated heterocycles.